The summed E-state index contributed by atoms with van der Waals surface area (Å²) in [5.41, 5.74) is -0.318. The molecule has 8 nitrogen and oxygen atoms in total. The van der Waals surface area contributed by atoms with Crippen molar-refractivity contribution in [1.29, 1.82) is 0 Å². The van der Waals surface area contributed by atoms with Crippen LogP contribution in [0.15, 0.2) is 0 Å². The molecule has 0 aromatic carbocycles. The van der Waals surface area contributed by atoms with Gasteiger partial charge in [0, 0.05) is 38.5 Å². The highest BCUT2D eigenvalue weighted by Crippen LogP contribution is 2.69. The zero-order valence-electron chi connectivity index (χ0n) is 23.0. The molecule has 0 heterocycles. The SMILES string of the molecule is CC(=O)OC1CCC2(C)C(C1)C[C@@H](OC(C)=O)C1C2CC(OC(C)=O)C2(C)C(CCCC(=O)O)CCC12. The van der Waals surface area contributed by atoms with Gasteiger partial charge in [-0.05, 0) is 86.9 Å². The first kappa shape index (κ1) is 27.9. The molecule has 0 amide bonds. The van der Waals surface area contributed by atoms with Gasteiger partial charge in [-0.2, -0.15) is 0 Å². The molecule has 4 aliphatic rings. The Balaban J connectivity index is 1.68. The predicted molar refractivity (Wildman–Crippen MR) is 134 cm³/mol. The van der Waals surface area contributed by atoms with Crippen LogP contribution in [0.2, 0.25) is 0 Å². The summed E-state index contributed by atoms with van der Waals surface area (Å²) in [6, 6.07) is 0. The molecule has 0 saturated heterocycles. The van der Waals surface area contributed by atoms with E-state index in [1.807, 2.05) is 0 Å². The molecule has 0 aromatic rings. The minimum absolute atomic E-state index is 0.0287. The Hall–Kier alpha value is -2.12. The summed E-state index contributed by atoms with van der Waals surface area (Å²) in [4.78, 5) is 47.4. The number of carbonyl (C=O) groups is 4. The quantitative estimate of drug-likeness (QED) is 0.372. The maximum atomic E-state index is 12.3. The second kappa shape index (κ2) is 10.6. The lowest BCUT2D eigenvalue weighted by Crippen LogP contribution is -2.63. The number of hydrogen-bond donors (Lipinski definition) is 1. The number of fused-ring (bicyclic) bond motifs is 5. The molecular formula is C29H44O8. The van der Waals surface area contributed by atoms with Gasteiger partial charge in [0.25, 0.3) is 0 Å². The fourth-order valence-corrected chi connectivity index (χ4v) is 9.25. The summed E-state index contributed by atoms with van der Waals surface area (Å²) in [6.07, 6.45) is 6.82. The molecule has 4 aliphatic carbocycles. The van der Waals surface area contributed by atoms with E-state index < -0.39 is 5.97 Å². The van der Waals surface area contributed by atoms with Crippen molar-refractivity contribution in [2.45, 2.75) is 117 Å². The van der Waals surface area contributed by atoms with Crippen LogP contribution in [0.4, 0.5) is 0 Å². The maximum absolute atomic E-state index is 12.3. The molecule has 9 unspecified atom stereocenters. The van der Waals surface area contributed by atoms with Crippen molar-refractivity contribution in [3.05, 3.63) is 0 Å². The summed E-state index contributed by atoms with van der Waals surface area (Å²) < 4.78 is 17.8. The second-order valence-corrected chi connectivity index (χ2v) is 12.6. The van der Waals surface area contributed by atoms with E-state index in [-0.39, 0.29) is 83.1 Å². The third-order valence-electron chi connectivity index (χ3n) is 10.8. The Bertz CT molecular complexity index is 916. The fraction of sp³-hybridized carbons (Fsp3) is 0.862. The number of hydrogen-bond acceptors (Lipinski definition) is 7. The first-order valence-electron chi connectivity index (χ1n) is 14.1. The lowest BCUT2D eigenvalue weighted by atomic mass is 9.43. The third-order valence-corrected chi connectivity index (χ3v) is 10.8. The average molecular weight is 521 g/mol. The lowest BCUT2D eigenvalue weighted by molar-refractivity contribution is -0.222. The van der Waals surface area contributed by atoms with Crippen molar-refractivity contribution in [1.82, 2.24) is 0 Å². The summed E-state index contributed by atoms with van der Waals surface area (Å²) in [7, 11) is 0. The van der Waals surface area contributed by atoms with E-state index in [0.717, 1.165) is 51.4 Å². The van der Waals surface area contributed by atoms with Crippen LogP contribution in [0.3, 0.4) is 0 Å². The van der Waals surface area contributed by atoms with Gasteiger partial charge in [0.2, 0.25) is 0 Å². The molecule has 4 saturated carbocycles. The van der Waals surface area contributed by atoms with Crippen LogP contribution >= 0.6 is 0 Å². The number of carboxylic acid groups (broad SMARTS) is 1. The lowest BCUT2D eigenvalue weighted by Gasteiger charge is -2.64. The summed E-state index contributed by atoms with van der Waals surface area (Å²) in [6.45, 7) is 8.96. The van der Waals surface area contributed by atoms with Crippen LogP contribution in [0.1, 0.15) is 98.8 Å². The number of aliphatic carboxylic acids is 1. The number of esters is 3. The Morgan fingerprint density at radius 2 is 1.51 bits per heavy atom. The summed E-state index contributed by atoms with van der Waals surface area (Å²) >= 11 is 0. The zero-order chi connectivity index (χ0) is 27.1. The van der Waals surface area contributed by atoms with Crippen LogP contribution in [0.5, 0.6) is 0 Å². The van der Waals surface area contributed by atoms with Gasteiger partial charge in [0.05, 0.1) is 0 Å². The molecule has 4 rings (SSSR count). The zero-order valence-corrected chi connectivity index (χ0v) is 23.0. The molecular weight excluding hydrogens is 476 g/mol. The van der Waals surface area contributed by atoms with E-state index in [0.29, 0.717) is 6.42 Å². The molecule has 0 aromatic heterocycles. The molecule has 0 bridgehead atoms. The molecule has 0 aliphatic heterocycles. The van der Waals surface area contributed by atoms with Crippen molar-refractivity contribution >= 4 is 23.9 Å². The highest BCUT2D eigenvalue weighted by molar-refractivity contribution is 5.67. The smallest absolute Gasteiger partial charge is 0.303 e. The average Bonchev–Trinajstić information content (AvgIpc) is 3.11. The van der Waals surface area contributed by atoms with Crippen LogP contribution in [-0.4, -0.2) is 47.3 Å². The first-order valence-corrected chi connectivity index (χ1v) is 14.1. The Labute approximate surface area is 220 Å². The summed E-state index contributed by atoms with van der Waals surface area (Å²) in [5.74, 6) is -0.513. The normalized spacial score (nSPS) is 42.5. The van der Waals surface area contributed by atoms with Gasteiger partial charge in [0.15, 0.2) is 0 Å². The number of carboxylic acids is 1. The van der Waals surface area contributed by atoms with Gasteiger partial charge < -0.3 is 19.3 Å². The third kappa shape index (κ3) is 5.26. The fourth-order valence-electron chi connectivity index (χ4n) is 9.25. The number of carbonyl (C=O) groups excluding carboxylic acids is 3. The van der Waals surface area contributed by atoms with E-state index in [2.05, 4.69) is 13.8 Å². The van der Waals surface area contributed by atoms with Gasteiger partial charge in [-0.25, -0.2) is 0 Å². The predicted octanol–water partition coefficient (Wildman–Crippen LogP) is 4.92. The van der Waals surface area contributed by atoms with Gasteiger partial charge in [0.1, 0.15) is 18.3 Å². The molecule has 0 spiro atoms. The Kier molecular flexibility index (Phi) is 7.97. The van der Waals surface area contributed by atoms with Crippen LogP contribution in [-0.2, 0) is 33.4 Å². The molecule has 208 valence electrons. The minimum atomic E-state index is -0.787. The van der Waals surface area contributed by atoms with Crippen molar-refractivity contribution in [3.63, 3.8) is 0 Å². The highest BCUT2D eigenvalue weighted by atomic mass is 16.6. The topological polar surface area (TPSA) is 116 Å². The van der Waals surface area contributed by atoms with Gasteiger partial charge in [-0.1, -0.05) is 13.8 Å². The van der Waals surface area contributed by atoms with Crippen molar-refractivity contribution < 1.29 is 38.5 Å². The van der Waals surface area contributed by atoms with E-state index in [4.69, 9.17) is 14.2 Å². The van der Waals surface area contributed by atoms with Gasteiger partial charge in [-0.3, -0.25) is 19.2 Å². The van der Waals surface area contributed by atoms with Gasteiger partial charge >= 0.3 is 23.9 Å². The Morgan fingerprint density at radius 3 is 2.14 bits per heavy atom. The van der Waals surface area contributed by atoms with E-state index in [9.17, 15) is 24.3 Å². The minimum Gasteiger partial charge on any atom is -0.481 e. The van der Waals surface area contributed by atoms with Gasteiger partial charge in [-0.15, -0.1) is 0 Å². The number of rotatable bonds is 7. The summed E-state index contributed by atoms with van der Waals surface area (Å²) in [5, 5.41) is 9.19. The van der Waals surface area contributed by atoms with Crippen LogP contribution < -0.4 is 0 Å². The monoisotopic (exact) mass is 520 g/mol. The number of ether oxygens (including phenoxy) is 3. The van der Waals surface area contributed by atoms with Crippen molar-refractivity contribution in [2.24, 2.45) is 40.4 Å². The van der Waals surface area contributed by atoms with E-state index >= 15 is 0 Å². The van der Waals surface area contributed by atoms with Crippen molar-refractivity contribution in [2.75, 3.05) is 0 Å². The van der Waals surface area contributed by atoms with E-state index in [1.54, 1.807) is 0 Å². The Morgan fingerprint density at radius 1 is 0.838 bits per heavy atom. The first-order chi connectivity index (χ1) is 17.4. The molecule has 1 N–H and O–H groups in total. The molecule has 10 atom stereocenters. The standard InChI is InChI=1S/C29H44O8/c1-16(30)35-21-11-12-28(4)20(13-21)14-24(36-17(2)31)27-22-10-9-19(7-6-8-26(33)34)29(22,5)25(15-23(27)28)37-18(3)32/h19-25,27H,6-15H2,1-5H3,(H,33,34)/t19?,20?,21?,22?,23?,24-,25?,27?,28?,29?/m1/s1. The second-order valence-electron chi connectivity index (χ2n) is 12.6. The molecule has 8 heteroatoms. The van der Waals surface area contributed by atoms with Crippen LogP contribution in [0.25, 0.3) is 0 Å². The molecule has 4 fully saturated rings. The van der Waals surface area contributed by atoms with Crippen LogP contribution in [0, 0.1) is 40.4 Å². The highest BCUT2D eigenvalue weighted by Gasteiger charge is 2.67. The largest absolute Gasteiger partial charge is 0.481 e. The maximum Gasteiger partial charge on any atom is 0.303 e. The molecule has 37 heavy (non-hydrogen) atoms. The van der Waals surface area contributed by atoms with E-state index in [1.165, 1.54) is 20.8 Å². The molecule has 0 radical (unpaired) electrons. The van der Waals surface area contributed by atoms with Crippen molar-refractivity contribution in [3.8, 4) is 0 Å².